The molecule has 3 aromatic carbocycles. The average molecular weight is 969 g/mol. The number of rotatable bonds is 18. The molecule has 0 bridgehead atoms. The lowest BCUT2D eigenvalue weighted by Gasteiger charge is -2.40. The topological polar surface area (TPSA) is 214 Å². The molecular formula is C48H51F3N10O7S. The molecule has 3 aromatic heterocycles. The lowest BCUT2D eigenvalue weighted by atomic mass is 9.78. The van der Waals surface area contributed by atoms with Gasteiger partial charge in [-0.1, -0.05) is 59.3 Å². The van der Waals surface area contributed by atoms with E-state index in [1.165, 1.54) is 12.1 Å². The second kappa shape index (κ2) is 20.7. The fourth-order valence-corrected chi connectivity index (χ4v) is 10.2. The van der Waals surface area contributed by atoms with Gasteiger partial charge in [0.2, 0.25) is 5.82 Å². The number of aromatic nitrogens is 6. The number of hydrogen-bond donors (Lipinski definition) is 4. The SMILES string of the molecule is O=C(NCC1(c2nc(-c3ccccc3)cs2)CCN(CCc2cn(CCCCCCOc3ccc4c(c3)C(=O)N(C3CCC(O)NC3O)C4=O)nn2)CC1)c1cccc(-c2noc(C(F)(F)F)n2)c1. The third-order valence-corrected chi connectivity index (χ3v) is 14.1. The number of unbranched alkanes of at least 4 members (excludes halogenated alkanes) is 3. The summed E-state index contributed by atoms with van der Waals surface area (Å²) in [4.78, 5) is 51.8. The number of alkyl halides is 3. The lowest BCUT2D eigenvalue weighted by Crippen LogP contribution is -2.58. The van der Waals surface area contributed by atoms with Crippen LogP contribution in [0.15, 0.2) is 88.9 Å². The highest BCUT2D eigenvalue weighted by Crippen LogP contribution is 2.39. The van der Waals surface area contributed by atoms with E-state index in [1.807, 2.05) is 46.6 Å². The Bertz CT molecular complexity index is 2760. The van der Waals surface area contributed by atoms with Crippen molar-refractivity contribution in [2.24, 2.45) is 0 Å². The van der Waals surface area contributed by atoms with Crippen LogP contribution in [-0.2, 0) is 24.6 Å². The van der Waals surface area contributed by atoms with Crippen LogP contribution in [0.4, 0.5) is 13.2 Å². The summed E-state index contributed by atoms with van der Waals surface area (Å²) in [7, 11) is 0. The van der Waals surface area contributed by atoms with Crippen molar-refractivity contribution in [2.45, 2.75) is 94.4 Å². The van der Waals surface area contributed by atoms with Gasteiger partial charge in [0, 0.05) is 59.7 Å². The first-order chi connectivity index (χ1) is 33.3. The van der Waals surface area contributed by atoms with Crippen molar-refractivity contribution >= 4 is 29.1 Å². The summed E-state index contributed by atoms with van der Waals surface area (Å²) in [6, 6.07) is 20.1. The third kappa shape index (κ3) is 10.9. The number of piperidine rings is 2. The molecule has 17 nitrogen and oxygen atoms in total. The minimum atomic E-state index is -4.79. The van der Waals surface area contributed by atoms with Gasteiger partial charge in [-0.2, -0.15) is 18.2 Å². The van der Waals surface area contributed by atoms with Gasteiger partial charge in [0.25, 0.3) is 17.7 Å². The molecule has 9 rings (SSSR count). The number of aryl methyl sites for hydroxylation is 1. The molecule has 3 atom stereocenters. The predicted molar refractivity (Wildman–Crippen MR) is 245 cm³/mol. The van der Waals surface area contributed by atoms with Crippen molar-refractivity contribution in [1.29, 1.82) is 0 Å². The molecule has 6 heterocycles. The quantitative estimate of drug-likeness (QED) is 0.0566. The first kappa shape index (κ1) is 47.7. The molecule has 0 radical (unpaired) electrons. The number of likely N-dealkylation sites (tertiary alicyclic amines) is 1. The Morgan fingerprint density at radius 1 is 0.913 bits per heavy atom. The maximum Gasteiger partial charge on any atom is 0.471 e. The summed E-state index contributed by atoms with van der Waals surface area (Å²) < 4.78 is 51.5. The van der Waals surface area contributed by atoms with Crippen LogP contribution >= 0.6 is 11.3 Å². The molecule has 4 N–H and O–H groups in total. The van der Waals surface area contributed by atoms with Crippen molar-refractivity contribution in [3.63, 3.8) is 0 Å². The highest BCUT2D eigenvalue weighted by atomic mass is 32.1. The van der Waals surface area contributed by atoms with Gasteiger partial charge >= 0.3 is 12.1 Å². The number of nitrogens with one attached hydrogen (secondary N) is 2. The second-order valence-electron chi connectivity index (χ2n) is 17.7. The molecule has 2 saturated heterocycles. The van der Waals surface area contributed by atoms with Gasteiger partial charge in [-0.25, -0.2) is 4.98 Å². The Labute approximate surface area is 398 Å². The zero-order chi connectivity index (χ0) is 48.1. The van der Waals surface area contributed by atoms with Crippen LogP contribution in [-0.4, -0.2) is 119 Å². The number of carbonyl (C=O) groups excluding carboxylic acids is 3. The van der Waals surface area contributed by atoms with Crippen LogP contribution in [0, 0.1) is 0 Å². The fourth-order valence-electron chi connectivity index (χ4n) is 9.07. The molecule has 362 valence electrons. The van der Waals surface area contributed by atoms with E-state index >= 15 is 0 Å². The minimum Gasteiger partial charge on any atom is -0.494 e. The van der Waals surface area contributed by atoms with Crippen molar-refractivity contribution in [3.05, 3.63) is 118 Å². The molecule has 3 amide bonds. The van der Waals surface area contributed by atoms with E-state index in [-0.39, 0.29) is 34.0 Å². The van der Waals surface area contributed by atoms with Gasteiger partial charge in [-0.15, -0.1) is 16.4 Å². The standard InChI is InChI=1S/C48H51F3N10O7S/c49-48(50,51)45-55-40(57-68-45)31-11-8-12-32(25-31)41(63)52-29-47(46-53-37(28-69-46)30-9-4-3-5-10-30)18-22-59(23-19-47)21-17-33-27-60(58-56-33)20-6-1-2-7-24-67-34-13-14-35-36(26-34)44(66)61(43(35)65)38-15-16-39(62)54-42(38)64/h3-5,8-14,25-28,38-39,42,54,62,64H,1-2,6-7,15-24,29H2,(H,52,63). The molecule has 69 heavy (non-hydrogen) atoms. The third-order valence-electron chi connectivity index (χ3n) is 13.0. The molecule has 0 saturated carbocycles. The summed E-state index contributed by atoms with van der Waals surface area (Å²) >= 11 is 1.57. The number of aliphatic hydroxyl groups excluding tert-OH is 2. The summed E-state index contributed by atoms with van der Waals surface area (Å²) in [6.45, 7) is 3.80. The normalized spacial score (nSPS) is 19.5. The van der Waals surface area contributed by atoms with Crippen LogP contribution in [0.1, 0.15) is 99.0 Å². The molecule has 2 fully saturated rings. The van der Waals surface area contributed by atoms with Gasteiger partial charge in [0.05, 0.1) is 35.2 Å². The van der Waals surface area contributed by atoms with Gasteiger partial charge in [-0.3, -0.25) is 29.3 Å². The minimum absolute atomic E-state index is 0.222. The zero-order valence-corrected chi connectivity index (χ0v) is 38.3. The van der Waals surface area contributed by atoms with E-state index < -0.39 is 47.8 Å². The number of hydrogen-bond acceptors (Lipinski definition) is 15. The number of carbonyl (C=O) groups is 3. The molecule has 21 heteroatoms. The van der Waals surface area contributed by atoms with Crippen LogP contribution in [0.25, 0.3) is 22.6 Å². The van der Waals surface area contributed by atoms with Gasteiger partial charge in [-0.05, 0) is 88.4 Å². The zero-order valence-electron chi connectivity index (χ0n) is 37.5. The molecule has 3 unspecified atom stereocenters. The largest absolute Gasteiger partial charge is 0.494 e. The number of fused-ring (bicyclic) bond motifs is 1. The smallest absolute Gasteiger partial charge is 0.471 e. The molecular weight excluding hydrogens is 918 g/mol. The number of benzene rings is 3. The van der Waals surface area contributed by atoms with E-state index in [0.29, 0.717) is 31.7 Å². The van der Waals surface area contributed by atoms with Crippen LogP contribution in [0.2, 0.25) is 0 Å². The number of nitrogens with zero attached hydrogens (tertiary/aromatic N) is 8. The monoisotopic (exact) mass is 968 g/mol. The van der Waals surface area contributed by atoms with E-state index in [0.717, 1.165) is 98.0 Å². The van der Waals surface area contributed by atoms with Gasteiger partial charge in [0.15, 0.2) is 0 Å². The predicted octanol–water partition coefficient (Wildman–Crippen LogP) is 6.10. The number of ether oxygens (including phenoxy) is 1. The average Bonchev–Trinajstić information content (AvgIpc) is 4.19. The van der Waals surface area contributed by atoms with E-state index in [2.05, 4.69) is 40.5 Å². The molecule has 3 aliphatic heterocycles. The van der Waals surface area contributed by atoms with E-state index in [4.69, 9.17) is 9.72 Å². The Morgan fingerprint density at radius 2 is 1.70 bits per heavy atom. The van der Waals surface area contributed by atoms with Crippen molar-refractivity contribution in [3.8, 4) is 28.4 Å². The maximum atomic E-state index is 13.6. The maximum absolute atomic E-state index is 13.6. The van der Waals surface area contributed by atoms with Crippen LogP contribution in [0.3, 0.4) is 0 Å². The van der Waals surface area contributed by atoms with Gasteiger partial charge < -0.3 is 29.7 Å². The Balaban J connectivity index is 0.726. The highest BCUT2D eigenvalue weighted by Gasteiger charge is 2.45. The first-order valence-electron chi connectivity index (χ1n) is 23.0. The molecule has 6 aromatic rings. The lowest BCUT2D eigenvalue weighted by molar-refractivity contribution is -0.159. The Kier molecular flexibility index (Phi) is 14.3. The number of aliphatic hydroxyl groups is 2. The summed E-state index contributed by atoms with van der Waals surface area (Å²) in [6.07, 6.45) is 1.50. The summed E-state index contributed by atoms with van der Waals surface area (Å²) in [5, 5.41) is 41.1. The van der Waals surface area contributed by atoms with Crippen molar-refractivity contribution < 1.29 is 47.0 Å². The van der Waals surface area contributed by atoms with Crippen LogP contribution in [0.5, 0.6) is 5.75 Å². The highest BCUT2D eigenvalue weighted by molar-refractivity contribution is 7.10. The summed E-state index contributed by atoms with van der Waals surface area (Å²) in [5.74, 6) is -2.56. The van der Waals surface area contributed by atoms with Crippen molar-refractivity contribution in [2.75, 3.05) is 32.8 Å². The van der Waals surface area contributed by atoms with E-state index in [9.17, 15) is 37.8 Å². The number of imide groups is 1. The summed E-state index contributed by atoms with van der Waals surface area (Å²) in [5.41, 5.74) is 3.30. The molecule has 0 spiro atoms. The van der Waals surface area contributed by atoms with Gasteiger partial charge in [0.1, 0.15) is 23.2 Å². The molecule has 3 aliphatic rings. The number of thiazole rings is 1. The first-order valence-corrected chi connectivity index (χ1v) is 23.9. The Morgan fingerprint density at radius 3 is 2.48 bits per heavy atom. The van der Waals surface area contributed by atoms with Crippen LogP contribution < -0.4 is 15.4 Å². The Hall–Kier alpha value is -6.39. The number of amides is 3. The molecule has 0 aliphatic carbocycles. The number of halogens is 3. The second-order valence-corrected chi connectivity index (χ2v) is 18.5. The van der Waals surface area contributed by atoms with E-state index in [1.54, 1.807) is 41.7 Å². The fraction of sp³-hybridized carbons (Fsp3) is 0.417. The van der Waals surface area contributed by atoms with Crippen molar-refractivity contribution in [1.82, 2.24) is 50.6 Å².